The molecule has 1 heterocycles. The van der Waals surface area contributed by atoms with Crippen molar-refractivity contribution in [3.8, 4) is 0 Å². The minimum absolute atomic E-state index is 1.15. The van der Waals surface area contributed by atoms with Gasteiger partial charge < -0.3 is 4.90 Å². The van der Waals surface area contributed by atoms with Crippen molar-refractivity contribution in [2.24, 2.45) is 0 Å². The van der Waals surface area contributed by atoms with Crippen LogP contribution in [0.15, 0.2) is 29.2 Å². The number of pyridine rings is 1. The molecule has 124 valence electrons. The summed E-state index contributed by atoms with van der Waals surface area (Å²) in [6.07, 6.45) is 6.32. The number of hydrogen-bond acceptors (Lipinski definition) is 3. The van der Waals surface area contributed by atoms with Gasteiger partial charge >= 0.3 is 0 Å². The van der Waals surface area contributed by atoms with Crippen molar-refractivity contribution in [2.45, 2.75) is 50.8 Å². The predicted molar refractivity (Wildman–Crippen MR) is 102 cm³/mol. The molecule has 3 heteroatoms. The number of hydrogen-bond donors (Lipinski definition) is 0. The van der Waals surface area contributed by atoms with Gasteiger partial charge in [0.25, 0.3) is 0 Å². The highest BCUT2D eigenvalue weighted by Crippen LogP contribution is 2.35. The van der Waals surface area contributed by atoms with E-state index in [0.717, 1.165) is 19.5 Å². The maximum atomic E-state index is 4.99. The quantitative estimate of drug-likeness (QED) is 0.552. The SMILES string of the molecule is CCN(CC)CCSc1c2c(nc3ccccc13)CCCCC2. The van der Waals surface area contributed by atoms with Crippen LogP contribution in [0.3, 0.4) is 0 Å². The molecule has 1 aromatic heterocycles. The second kappa shape index (κ2) is 8.16. The van der Waals surface area contributed by atoms with Crippen molar-refractivity contribution >= 4 is 22.7 Å². The summed E-state index contributed by atoms with van der Waals surface area (Å²) in [6, 6.07) is 8.70. The van der Waals surface area contributed by atoms with Crippen LogP contribution in [0.4, 0.5) is 0 Å². The Balaban J connectivity index is 1.91. The van der Waals surface area contributed by atoms with E-state index in [9.17, 15) is 0 Å². The van der Waals surface area contributed by atoms with Crippen LogP contribution in [0.25, 0.3) is 10.9 Å². The summed E-state index contributed by atoms with van der Waals surface area (Å²) < 4.78 is 0. The number of rotatable bonds is 6. The van der Waals surface area contributed by atoms with Gasteiger partial charge in [0.05, 0.1) is 5.52 Å². The van der Waals surface area contributed by atoms with Crippen LogP contribution in [-0.2, 0) is 12.8 Å². The molecule has 0 radical (unpaired) electrons. The maximum Gasteiger partial charge on any atom is 0.0716 e. The van der Waals surface area contributed by atoms with E-state index in [1.54, 1.807) is 5.56 Å². The van der Waals surface area contributed by atoms with Gasteiger partial charge in [-0.05, 0) is 50.4 Å². The fraction of sp³-hybridized carbons (Fsp3) is 0.550. The number of aromatic nitrogens is 1. The van der Waals surface area contributed by atoms with Gasteiger partial charge in [-0.15, -0.1) is 11.8 Å². The number of fused-ring (bicyclic) bond motifs is 2. The molecule has 23 heavy (non-hydrogen) atoms. The van der Waals surface area contributed by atoms with E-state index in [1.807, 2.05) is 0 Å². The van der Waals surface area contributed by atoms with Crippen molar-refractivity contribution in [1.82, 2.24) is 9.88 Å². The second-order valence-electron chi connectivity index (χ2n) is 6.32. The standard InChI is InChI=1S/C20H28N2S/c1-3-22(4-2)14-15-23-20-16-10-6-5-7-12-18(16)21-19-13-9-8-11-17(19)20/h8-9,11,13H,3-7,10,12,14-15H2,1-2H3. The topological polar surface area (TPSA) is 16.1 Å². The molecule has 0 amide bonds. The summed E-state index contributed by atoms with van der Waals surface area (Å²) in [6.45, 7) is 7.96. The van der Waals surface area contributed by atoms with Gasteiger partial charge in [0.15, 0.2) is 0 Å². The molecular formula is C20H28N2S. The average molecular weight is 329 g/mol. The number of para-hydroxylation sites is 1. The third-order valence-electron chi connectivity index (χ3n) is 4.92. The van der Waals surface area contributed by atoms with Crippen molar-refractivity contribution in [2.75, 3.05) is 25.4 Å². The lowest BCUT2D eigenvalue weighted by Gasteiger charge is -2.19. The zero-order chi connectivity index (χ0) is 16.1. The molecular weight excluding hydrogens is 300 g/mol. The summed E-state index contributed by atoms with van der Waals surface area (Å²) >= 11 is 2.05. The Hall–Kier alpha value is -1.06. The maximum absolute atomic E-state index is 4.99. The zero-order valence-electron chi connectivity index (χ0n) is 14.5. The molecule has 1 aliphatic carbocycles. The third-order valence-corrected chi connectivity index (χ3v) is 6.06. The van der Waals surface area contributed by atoms with Crippen molar-refractivity contribution in [3.05, 3.63) is 35.5 Å². The number of aryl methyl sites for hydroxylation is 1. The van der Waals surface area contributed by atoms with Crippen molar-refractivity contribution in [1.29, 1.82) is 0 Å². The zero-order valence-corrected chi connectivity index (χ0v) is 15.3. The van der Waals surface area contributed by atoms with Gasteiger partial charge in [-0.1, -0.05) is 38.5 Å². The van der Waals surface area contributed by atoms with Crippen molar-refractivity contribution in [3.63, 3.8) is 0 Å². The lowest BCUT2D eigenvalue weighted by Crippen LogP contribution is -2.25. The van der Waals surface area contributed by atoms with E-state index in [-0.39, 0.29) is 0 Å². The van der Waals surface area contributed by atoms with E-state index in [2.05, 4.69) is 54.8 Å². The van der Waals surface area contributed by atoms with Gasteiger partial charge in [0.1, 0.15) is 0 Å². The Labute approximate surface area is 144 Å². The lowest BCUT2D eigenvalue weighted by atomic mass is 10.1. The summed E-state index contributed by atoms with van der Waals surface area (Å²) in [7, 11) is 0. The van der Waals surface area contributed by atoms with E-state index < -0.39 is 0 Å². The molecule has 0 atom stereocenters. The summed E-state index contributed by atoms with van der Waals surface area (Å²) in [5.41, 5.74) is 4.09. The van der Waals surface area contributed by atoms with Crippen LogP contribution in [-0.4, -0.2) is 35.3 Å². The van der Waals surface area contributed by atoms with Crippen molar-refractivity contribution < 1.29 is 0 Å². The smallest absolute Gasteiger partial charge is 0.0716 e. The molecule has 0 unspecified atom stereocenters. The fourth-order valence-corrected chi connectivity index (χ4v) is 4.76. The fourth-order valence-electron chi connectivity index (χ4n) is 3.49. The summed E-state index contributed by atoms with van der Waals surface area (Å²) in [4.78, 5) is 9.01. The average Bonchev–Trinajstić information content (AvgIpc) is 2.83. The molecule has 0 saturated carbocycles. The van der Waals surface area contributed by atoms with Gasteiger partial charge in [-0.2, -0.15) is 0 Å². The van der Waals surface area contributed by atoms with Crippen LogP contribution in [0.1, 0.15) is 44.4 Å². The van der Waals surface area contributed by atoms with Crippen LogP contribution >= 0.6 is 11.8 Å². The molecule has 0 fully saturated rings. The number of benzene rings is 1. The molecule has 0 N–H and O–H groups in total. The Morgan fingerprint density at radius 2 is 1.83 bits per heavy atom. The van der Waals surface area contributed by atoms with Crippen LogP contribution < -0.4 is 0 Å². The minimum Gasteiger partial charge on any atom is -0.303 e. The first-order valence-corrected chi connectivity index (χ1v) is 10.1. The third kappa shape index (κ3) is 3.89. The Bertz CT molecular complexity index is 649. The summed E-state index contributed by atoms with van der Waals surface area (Å²) in [5, 5.41) is 1.36. The monoisotopic (exact) mass is 328 g/mol. The largest absolute Gasteiger partial charge is 0.303 e. The first kappa shape index (κ1) is 16.8. The number of thioether (sulfide) groups is 1. The van der Waals surface area contributed by atoms with Gasteiger partial charge in [0.2, 0.25) is 0 Å². The first-order chi connectivity index (χ1) is 11.3. The number of nitrogens with zero attached hydrogens (tertiary/aromatic N) is 2. The molecule has 3 rings (SSSR count). The highest BCUT2D eigenvalue weighted by molar-refractivity contribution is 7.99. The van der Waals surface area contributed by atoms with E-state index >= 15 is 0 Å². The lowest BCUT2D eigenvalue weighted by molar-refractivity contribution is 0.324. The molecule has 1 aliphatic rings. The molecule has 1 aromatic carbocycles. The molecule has 2 nitrogen and oxygen atoms in total. The van der Waals surface area contributed by atoms with Crippen LogP contribution in [0, 0.1) is 0 Å². The van der Waals surface area contributed by atoms with Crippen LogP contribution in [0.2, 0.25) is 0 Å². The van der Waals surface area contributed by atoms with Crippen LogP contribution in [0.5, 0.6) is 0 Å². The van der Waals surface area contributed by atoms with Gasteiger partial charge in [-0.25, -0.2) is 0 Å². The predicted octanol–water partition coefficient (Wildman–Crippen LogP) is 4.94. The van der Waals surface area contributed by atoms with Gasteiger partial charge in [-0.3, -0.25) is 4.98 Å². The molecule has 0 bridgehead atoms. The van der Waals surface area contributed by atoms with E-state index in [4.69, 9.17) is 4.98 Å². The molecule has 0 saturated heterocycles. The normalized spacial score (nSPS) is 14.9. The van der Waals surface area contributed by atoms with E-state index in [1.165, 1.54) is 59.5 Å². The Morgan fingerprint density at radius 1 is 1.04 bits per heavy atom. The second-order valence-corrected chi connectivity index (χ2v) is 7.42. The Kier molecular flexibility index (Phi) is 5.96. The van der Waals surface area contributed by atoms with E-state index in [0.29, 0.717) is 0 Å². The highest BCUT2D eigenvalue weighted by atomic mass is 32.2. The molecule has 2 aromatic rings. The highest BCUT2D eigenvalue weighted by Gasteiger charge is 2.17. The minimum atomic E-state index is 1.15. The molecule has 0 aliphatic heterocycles. The molecule has 0 spiro atoms. The summed E-state index contributed by atoms with van der Waals surface area (Å²) in [5.74, 6) is 1.17. The van der Waals surface area contributed by atoms with Gasteiger partial charge in [0, 0.05) is 28.3 Å². The Morgan fingerprint density at radius 3 is 2.65 bits per heavy atom. The first-order valence-electron chi connectivity index (χ1n) is 9.09.